The van der Waals surface area contributed by atoms with Gasteiger partial charge in [0.25, 0.3) is 0 Å². The van der Waals surface area contributed by atoms with Crippen LogP contribution in [0.1, 0.15) is 21.7 Å². The van der Waals surface area contributed by atoms with Crippen molar-refractivity contribution in [3.05, 3.63) is 125 Å². The van der Waals surface area contributed by atoms with Crippen LogP contribution in [0.3, 0.4) is 0 Å². The first kappa shape index (κ1) is 27.9. The molecule has 9 heteroatoms. The molecule has 41 heavy (non-hydrogen) atoms. The van der Waals surface area contributed by atoms with E-state index in [1.54, 1.807) is 30.3 Å². The third-order valence-corrected chi connectivity index (χ3v) is 6.79. The zero-order valence-corrected chi connectivity index (χ0v) is 22.7. The highest BCUT2D eigenvalue weighted by molar-refractivity contribution is 6.30. The van der Waals surface area contributed by atoms with Crippen molar-refractivity contribution in [3.8, 4) is 16.9 Å². The van der Waals surface area contributed by atoms with Crippen LogP contribution in [0.25, 0.3) is 22.1 Å². The fourth-order valence-electron chi connectivity index (χ4n) is 4.38. The van der Waals surface area contributed by atoms with Crippen LogP contribution in [0, 0.1) is 5.82 Å². The van der Waals surface area contributed by atoms with E-state index in [0.29, 0.717) is 27.1 Å². The summed E-state index contributed by atoms with van der Waals surface area (Å²) in [4.78, 5) is 32.0. The van der Waals surface area contributed by atoms with E-state index < -0.39 is 23.8 Å². The van der Waals surface area contributed by atoms with E-state index >= 15 is 0 Å². The highest BCUT2D eigenvalue weighted by atomic mass is 35.5. The fourth-order valence-corrected chi connectivity index (χ4v) is 4.50. The molecule has 7 nitrogen and oxygen atoms in total. The van der Waals surface area contributed by atoms with Crippen molar-refractivity contribution in [2.75, 3.05) is 7.11 Å². The Morgan fingerprint density at radius 3 is 2.24 bits per heavy atom. The summed E-state index contributed by atoms with van der Waals surface area (Å²) in [6, 6.07) is 25.3. The summed E-state index contributed by atoms with van der Waals surface area (Å²) in [5.41, 5.74) is 3.56. The Hall–Kier alpha value is -4.66. The highest BCUT2D eigenvalue weighted by Gasteiger charge is 2.32. The molecule has 0 fully saturated rings. The van der Waals surface area contributed by atoms with Crippen LogP contribution in [0.15, 0.2) is 101 Å². The zero-order valence-electron chi connectivity index (χ0n) is 21.9. The highest BCUT2D eigenvalue weighted by Crippen LogP contribution is 2.28. The normalized spacial score (nSPS) is 11.9. The third-order valence-electron chi connectivity index (χ3n) is 6.54. The minimum absolute atomic E-state index is 0.0369. The Morgan fingerprint density at radius 2 is 1.56 bits per heavy atom. The molecule has 208 valence electrons. The van der Waals surface area contributed by atoms with Gasteiger partial charge in [0, 0.05) is 16.8 Å². The maximum atomic E-state index is 13.6. The summed E-state index contributed by atoms with van der Waals surface area (Å²) >= 11 is 6.00. The minimum Gasteiger partial charge on any atom is -0.508 e. The van der Waals surface area contributed by atoms with E-state index in [9.17, 15) is 19.1 Å². The van der Waals surface area contributed by atoms with E-state index in [4.69, 9.17) is 25.6 Å². The number of phenols is 1. The van der Waals surface area contributed by atoms with E-state index in [2.05, 4.69) is 0 Å². The minimum atomic E-state index is -1.06. The number of carbonyl (C=O) groups is 2. The first-order chi connectivity index (χ1) is 19.8. The molecule has 0 saturated carbocycles. The Morgan fingerprint density at radius 1 is 0.902 bits per heavy atom. The molecule has 4 aromatic carbocycles. The summed E-state index contributed by atoms with van der Waals surface area (Å²) in [7, 11) is 1.24. The number of hydrogen-bond acceptors (Lipinski definition) is 7. The van der Waals surface area contributed by atoms with Gasteiger partial charge in [0.2, 0.25) is 5.76 Å². The van der Waals surface area contributed by atoms with Gasteiger partial charge in [-0.2, -0.15) is 0 Å². The van der Waals surface area contributed by atoms with Crippen molar-refractivity contribution in [3.63, 3.8) is 0 Å². The molecule has 0 aliphatic rings. The zero-order chi connectivity index (χ0) is 28.9. The maximum Gasteiger partial charge on any atom is 0.393 e. The maximum absolute atomic E-state index is 13.6. The number of esters is 1. The Kier molecular flexibility index (Phi) is 8.33. The molecule has 0 unspecified atom stereocenters. The number of benzene rings is 4. The largest absolute Gasteiger partial charge is 0.508 e. The number of hydroxylamine groups is 2. The monoisotopic (exact) mass is 573 g/mol. The molecule has 5 aromatic rings. The first-order valence-electron chi connectivity index (χ1n) is 12.7. The van der Waals surface area contributed by atoms with Gasteiger partial charge in [0.1, 0.15) is 23.2 Å². The Labute approximate surface area is 240 Å². The first-order valence-corrected chi connectivity index (χ1v) is 13.1. The summed E-state index contributed by atoms with van der Waals surface area (Å²) < 4.78 is 24.5. The number of rotatable bonds is 9. The predicted octanol–water partition coefficient (Wildman–Crippen LogP) is 6.96. The van der Waals surface area contributed by atoms with Crippen LogP contribution in [0.5, 0.6) is 5.75 Å². The molecule has 0 bridgehead atoms. The van der Waals surface area contributed by atoms with E-state index in [0.717, 1.165) is 11.1 Å². The number of phenolic OH excluding ortho intramolecular Hbond substituents is 1. The number of halogens is 2. The number of fused-ring (bicyclic) bond motifs is 1. The molecule has 1 N–H and O–H groups in total. The summed E-state index contributed by atoms with van der Waals surface area (Å²) in [6.45, 7) is -0.0369. The molecule has 1 aromatic heterocycles. The SMILES string of the molecule is COC(=O)[C@H](Cc1ccc(O)cc1)N(Cc1ccc(F)cc1)OC(=O)c1cc2ccc(-c3ccc(Cl)cc3)cc2o1. The van der Waals surface area contributed by atoms with Crippen molar-refractivity contribution in [1.82, 2.24) is 5.06 Å². The molecule has 0 saturated heterocycles. The number of ether oxygens (including phenoxy) is 1. The lowest BCUT2D eigenvalue weighted by molar-refractivity contribution is -0.178. The van der Waals surface area contributed by atoms with Crippen molar-refractivity contribution >= 4 is 34.5 Å². The van der Waals surface area contributed by atoms with Gasteiger partial charge < -0.3 is 19.1 Å². The van der Waals surface area contributed by atoms with Gasteiger partial charge in [-0.15, -0.1) is 5.06 Å². The van der Waals surface area contributed by atoms with Crippen molar-refractivity contribution in [1.29, 1.82) is 0 Å². The van der Waals surface area contributed by atoms with E-state index in [-0.39, 0.29) is 24.5 Å². The van der Waals surface area contributed by atoms with Crippen LogP contribution >= 0.6 is 11.6 Å². The summed E-state index contributed by atoms with van der Waals surface area (Å²) in [5, 5.41) is 12.2. The van der Waals surface area contributed by atoms with E-state index in [1.165, 1.54) is 48.6 Å². The van der Waals surface area contributed by atoms with Crippen LogP contribution in [-0.2, 0) is 27.3 Å². The van der Waals surface area contributed by atoms with Gasteiger partial charge in [0.05, 0.1) is 13.7 Å². The molecule has 0 aliphatic carbocycles. The van der Waals surface area contributed by atoms with Gasteiger partial charge in [-0.25, -0.2) is 9.18 Å². The molecule has 0 spiro atoms. The van der Waals surface area contributed by atoms with Crippen LogP contribution in [-0.4, -0.2) is 35.3 Å². The fraction of sp³-hybridized carbons (Fsp3) is 0.125. The van der Waals surface area contributed by atoms with Gasteiger partial charge >= 0.3 is 11.9 Å². The summed E-state index contributed by atoms with van der Waals surface area (Å²) in [5.74, 6) is -1.89. The molecule has 1 heterocycles. The van der Waals surface area contributed by atoms with Crippen molar-refractivity contribution in [2.24, 2.45) is 0 Å². The number of hydrogen-bond donors (Lipinski definition) is 1. The van der Waals surface area contributed by atoms with Crippen LogP contribution < -0.4 is 0 Å². The van der Waals surface area contributed by atoms with Gasteiger partial charge in [0.15, 0.2) is 0 Å². The lowest BCUT2D eigenvalue weighted by Crippen LogP contribution is -2.44. The molecule has 5 rings (SSSR count). The van der Waals surface area contributed by atoms with Crippen LogP contribution in [0.4, 0.5) is 4.39 Å². The molecular formula is C32H25ClFNO6. The second-order valence-corrected chi connectivity index (χ2v) is 9.80. The molecule has 0 aliphatic heterocycles. The molecule has 1 atom stereocenters. The molecular weight excluding hydrogens is 549 g/mol. The molecule has 0 radical (unpaired) electrons. The predicted molar refractivity (Wildman–Crippen MR) is 152 cm³/mol. The number of methoxy groups -OCH3 is 1. The van der Waals surface area contributed by atoms with Crippen molar-refractivity contribution in [2.45, 2.75) is 19.0 Å². The number of nitrogens with zero attached hydrogens (tertiary/aromatic N) is 1. The Bertz CT molecular complexity index is 1670. The van der Waals surface area contributed by atoms with Crippen LogP contribution in [0.2, 0.25) is 5.02 Å². The second-order valence-electron chi connectivity index (χ2n) is 9.36. The van der Waals surface area contributed by atoms with Gasteiger partial charge in [-0.3, -0.25) is 4.79 Å². The van der Waals surface area contributed by atoms with Gasteiger partial charge in [-0.05, 0) is 70.8 Å². The number of furan rings is 1. The van der Waals surface area contributed by atoms with E-state index in [1.807, 2.05) is 30.3 Å². The lowest BCUT2D eigenvalue weighted by atomic mass is 10.0. The summed E-state index contributed by atoms with van der Waals surface area (Å²) in [6.07, 6.45) is 0.103. The third kappa shape index (κ3) is 6.74. The topological polar surface area (TPSA) is 89.2 Å². The van der Waals surface area contributed by atoms with Gasteiger partial charge in [-0.1, -0.05) is 60.1 Å². The standard InChI is InChI=1S/C32H25ClFNO6/c1-39-31(37)28(16-20-4-14-27(36)15-5-20)35(19-21-2-12-26(34)13-3-21)41-32(38)30-18-24-7-6-23(17-29(24)40-30)22-8-10-25(33)11-9-22/h2-15,17-18,28,36H,16,19H2,1H3/t28-/m0/s1. The molecule has 0 amide bonds. The lowest BCUT2D eigenvalue weighted by Gasteiger charge is -2.28. The Balaban J connectivity index is 1.44. The smallest absolute Gasteiger partial charge is 0.393 e. The van der Waals surface area contributed by atoms with Crippen molar-refractivity contribution < 1.29 is 33.1 Å². The average Bonchev–Trinajstić information content (AvgIpc) is 3.41. The second kappa shape index (κ2) is 12.2. The average molecular weight is 574 g/mol. The number of aromatic hydroxyl groups is 1. The quantitative estimate of drug-likeness (QED) is 0.151. The number of carbonyl (C=O) groups excluding carboxylic acids is 2.